The number of hydrogen-bond acceptors (Lipinski definition) is 4. The van der Waals surface area contributed by atoms with Gasteiger partial charge in [-0.2, -0.15) is 0 Å². The van der Waals surface area contributed by atoms with Gasteiger partial charge in [0.25, 0.3) is 0 Å². The van der Waals surface area contributed by atoms with Crippen molar-refractivity contribution in [2.24, 2.45) is 4.99 Å². The topological polar surface area (TPSA) is 83.7 Å². The number of guanidine groups is 1. The van der Waals surface area contributed by atoms with E-state index in [4.69, 9.17) is 4.42 Å². The molecule has 1 aliphatic carbocycles. The Hall–Kier alpha value is -1.50. The summed E-state index contributed by atoms with van der Waals surface area (Å²) in [5.74, 6) is 1.37. The second-order valence-corrected chi connectivity index (χ2v) is 7.22. The monoisotopic (exact) mass is 285 g/mol. The first kappa shape index (κ1) is 13.9. The first-order valence-electron chi connectivity index (χ1n) is 6.13. The Bertz CT molecular complexity index is 545. The number of sulfone groups is 1. The first-order chi connectivity index (χ1) is 8.97. The molecule has 7 heteroatoms. The van der Waals surface area contributed by atoms with E-state index in [2.05, 4.69) is 15.6 Å². The van der Waals surface area contributed by atoms with E-state index in [9.17, 15) is 8.42 Å². The number of nitrogens with zero attached hydrogens (tertiary/aromatic N) is 1. The summed E-state index contributed by atoms with van der Waals surface area (Å²) in [5, 5.41) is 6.13. The predicted molar refractivity (Wildman–Crippen MR) is 73.7 cm³/mol. The first-order valence-corrected chi connectivity index (χ1v) is 8.02. The summed E-state index contributed by atoms with van der Waals surface area (Å²) in [4.78, 5) is 4.06. The SMILES string of the molecule is CN=C(NCc1ccco1)NCC1(S(C)(=O)=O)CC1. The van der Waals surface area contributed by atoms with Crippen LogP contribution in [0.15, 0.2) is 27.8 Å². The van der Waals surface area contributed by atoms with Crippen molar-refractivity contribution in [2.75, 3.05) is 19.8 Å². The maximum atomic E-state index is 11.6. The van der Waals surface area contributed by atoms with Gasteiger partial charge in [-0.3, -0.25) is 4.99 Å². The normalized spacial score (nSPS) is 18.1. The summed E-state index contributed by atoms with van der Waals surface area (Å²) in [6.45, 7) is 0.905. The molecule has 0 radical (unpaired) electrons. The van der Waals surface area contributed by atoms with Crippen LogP contribution < -0.4 is 10.6 Å². The molecule has 0 aliphatic heterocycles. The van der Waals surface area contributed by atoms with Gasteiger partial charge in [-0.15, -0.1) is 0 Å². The molecule has 0 saturated heterocycles. The van der Waals surface area contributed by atoms with Crippen molar-refractivity contribution in [1.29, 1.82) is 0 Å². The molecule has 2 N–H and O–H groups in total. The van der Waals surface area contributed by atoms with E-state index in [0.717, 1.165) is 5.76 Å². The number of furan rings is 1. The van der Waals surface area contributed by atoms with Gasteiger partial charge in [0.2, 0.25) is 0 Å². The quantitative estimate of drug-likeness (QED) is 0.609. The van der Waals surface area contributed by atoms with E-state index in [-0.39, 0.29) is 0 Å². The van der Waals surface area contributed by atoms with Crippen LogP contribution in [0, 0.1) is 0 Å². The Kier molecular flexibility index (Phi) is 3.84. The van der Waals surface area contributed by atoms with Crippen LogP contribution in [0.3, 0.4) is 0 Å². The third-order valence-electron chi connectivity index (χ3n) is 3.41. The molecular weight excluding hydrogens is 266 g/mol. The molecule has 1 fully saturated rings. The van der Waals surface area contributed by atoms with Crippen molar-refractivity contribution in [3.8, 4) is 0 Å². The lowest BCUT2D eigenvalue weighted by Crippen LogP contribution is -2.43. The Balaban J connectivity index is 1.84. The van der Waals surface area contributed by atoms with Crippen molar-refractivity contribution in [3.05, 3.63) is 24.2 Å². The van der Waals surface area contributed by atoms with Crippen molar-refractivity contribution in [1.82, 2.24) is 10.6 Å². The molecule has 0 amide bonds. The Morgan fingerprint density at radius 3 is 2.68 bits per heavy atom. The average Bonchev–Trinajstić information content (AvgIpc) is 2.98. The molecule has 0 bridgehead atoms. The summed E-state index contributed by atoms with van der Waals surface area (Å²) >= 11 is 0. The number of nitrogens with one attached hydrogen (secondary N) is 2. The van der Waals surface area contributed by atoms with Crippen molar-refractivity contribution in [2.45, 2.75) is 24.1 Å². The molecule has 1 aliphatic rings. The van der Waals surface area contributed by atoms with Crippen LogP contribution in [0.5, 0.6) is 0 Å². The highest BCUT2D eigenvalue weighted by molar-refractivity contribution is 7.92. The highest BCUT2D eigenvalue weighted by Gasteiger charge is 2.51. The lowest BCUT2D eigenvalue weighted by molar-refractivity contribution is 0.501. The fourth-order valence-corrected chi connectivity index (χ4v) is 3.05. The number of hydrogen-bond donors (Lipinski definition) is 2. The van der Waals surface area contributed by atoms with Gasteiger partial charge in [-0.1, -0.05) is 0 Å². The Morgan fingerprint density at radius 2 is 2.21 bits per heavy atom. The Labute approximate surface area is 113 Å². The Morgan fingerprint density at radius 1 is 1.47 bits per heavy atom. The summed E-state index contributed by atoms with van der Waals surface area (Å²) in [6, 6.07) is 3.68. The van der Waals surface area contributed by atoms with Gasteiger partial charge < -0.3 is 15.1 Å². The smallest absolute Gasteiger partial charge is 0.191 e. The van der Waals surface area contributed by atoms with Crippen LogP contribution in [0.25, 0.3) is 0 Å². The van der Waals surface area contributed by atoms with Gasteiger partial charge in [0.05, 0.1) is 17.6 Å². The van der Waals surface area contributed by atoms with Gasteiger partial charge in [-0.25, -0.2) is 8.42 Å². The van der Waals surface area contributed by atoms with Crippen molar-refractivity contribution >= 4 is 15.8 Å². The van der Waals surface area contributed by atoms with Crippen molar-refractivity contribution < 1.29 is 12.8 Å². The second kappa shape index (κ2) is 5.24. The fraction of sp³-hybridized carbons (Fsp3) is 0.583. The molecule has 19 heavy (non-hydrogen) atoms. The average molecular weight is 285 g/mol. The van der Waals surface area contributed by atoms with Crippen LogP contribution in [0.4, 0.5) is 0 Å². The lowest BCUT2D eigenvalue weighted by atomic mass is 10.4. The maximum absolute atomic E-state index is 11.6. The molecule has 6 nitrogen and oxygen atoms in total. The van der Waals surface area contributed by atoms with Crippen LogP contribution >= 0.6 is 0 Å². The minimum Gasteiger partial charge on any atom is -0.467 e. The van der Waals surface area contributed by atoms with Gasteiger partial charge in [0.15, 0.2) is 15.8 Å². The molecule has 1 heterocycles. The minimum absolute atomic E-state index is 0.393. The fourth-order valence-electron chi connectivity index (χ4n) is 1.87. The van der Waals surface area contributed by atoms with Gasteiger partial charge in [-0.05, 0) is 25.0 Å². The largest absolute Gasteiger partial charge is 0.467 e. The summed E-state index contributed by atoms with van der Waals surface area (Å²) in [7, 11) is -1.37. The zero-order chi connectivity index (χ0) is 13.9. The molecule has 0 atom stereocenters. The zero-order valence-corrected chi connectivity index (χ0v) is 12.0. The van der Waals surface area contributed by atoms with Gasteiger partial charge >= 0.3 is 0 Å². The third kappa shape index (κ3) is 3.28. The summed E-state index contributed by atoms with van der Waals surface area (Å²) < 4.78 is 27.9. The minimum atomic E-state index is -3.02. The van der Waals surface area contributed by atoms with E-state index >= 15 is 0 Å². The van der Waals surface area contributed by atoms with E-state index < -0.39 is 14.6 Å². The molecule has 0 aromatic carbocycles. The lowest BCUT2D eigenvalue weighted by Gasteiger charge is -2.16. The molecular formula is C12H19N3O3S. The molecule has 2 rings (SSSR count). The van der Waals surface area contributed by atoms with Gasteiger partial charge in [0.1, 0.15) is 5.76 Å². The number of rotatable bonds is 5. The third-order valence-corrected chi connectivity index (χ3v) is 5.53. The van der Waals surface area contributed by atoms with E-state index in [1.165, 1.54) is 6.26 Å². The van der Waals surface area contributed by atoms with Crippen LogP contribution in [-0.4, -0.2) is 39.0 Å². The molecule has 1 saturated carbocycles. The van der Waals surface area contributed by atoms with Crippen LogP contribution in [-0.2, 0) is 16.4 Å². The molecule has 1 aromatic rings. The van der Waals surface area contributed by atoms with E-state index in [0.29, 0.717) is 31.9 Å². The molecule has 0 unspecified atom stereocenters. The highest BCUT2D eigenvalue weighted by atomic mass is 32.2. The predicted octanol–water partition coefficient (Wildman–Crippen LogP) is 0.522. The molecule has 1 aromatic heterocycles. The number of aliphatic imine (C=N–C) groups is 1. The zero-order valence-electron chi connectivity index (χ0n) is 11.1. The second-order valence-electron chi connectivity index (χ2n) is 4.81. The van der Waals surface area contributed by atoms with Crippen LogP contribution in [0.1, 0.15) is 18.6 Å². The molecule has 106 valence electrons. The van der Waals surface area contributed by atoms with Crippen LogP contribution in [0.2, 0.25) is 0 Å². The maximum Gasteiger partial charge on any atom is 0.191 e. The summed E-state index contributed by atoms with van der Waals surface area (Å²) in [6.07, 6.45) is 4.33. The summed E-state index contributed by atoms with van der Waals surface area (Å²) in [5.41, 5.74) is 0. The highest BCUT2D eigenvalue weighted by Crippen LogP contribution is 2.42. The molecule has 0 spiro atoms. The van der Waals surface area contributed by atoms with E-state index in [1.54, 1.807) is 13.3 Å². The van der Waals surface area contributed by atoms with Gasteiger partial charge in [0, 0.05) is 19.8 Å². The van der Waals surface area contributed by atoms with Crippen molar-refractivity contribution in [3.63, 3.8) is 0 Å². The van der Waals surface area contributed by atoms with E-state index in [1.807, 2.05) is 12.1 Å². The standard InChI is InChI=1S/C12H19N3O3S/c1-13-11(14-8-10-4-3-7-18-10)15-9-12(5-6-12)19(2,16)17/h3-4,7H,5-6,8-9H2,1-2H3,(H2,13,14,15).